The summed E-state index contributed by atoms with van der Waals surface area (Å²) in [7, 11) is 0. The van der Waals surface area contributed by atoms with Crippen molar-refractivity contribution in [3.05, 3.63) is 35.4 Å². The molecule has 1 N–H and O–H groups in total. The third-order valence-corrected chi connectivity index (χ3v) is 3.34. The summed E-state index contributed by atoms with van der Waals surface area (Å²) in [6.45, 7) is 3.85. The van der Waals surface area contributed by atoms with E-state index in [2.05, 4.69) is 11.4 Å². The summed E-state index contributed by atoms with van der Waals surface area (Å²) >= 11 is 0. The molecule has 1 aromatic rings. The van der Waals surface area contributed by atoms with E-state index in [0.717, 1.165) is 24.9 Å². The lowest BCUT2D eigenvalue weighted by Gasteiger charge is -2.20. The summed E-state index contributed by atoms with van der Waals surface area (Å²) in [6, 6.07) is 9.98. The monoisotopic (exact) mass is 257 g/mol. The van der Waals surface area contributed by atoms with Crippen LogP contribution in [0.4, 0.5) is 0 Å². The lowest BCUT2D eigenvalue weighted by Crippen LogP contribution is -2.39. The van der Waals surface area contributed by atoms with Gasteiger partial charge >= 0.3 is 0 Å². The Morgan fingerprint density at radius 1 is 1.42 bits per heavy atom. The van der Waals surface area contributed by atoms with Crippen molar-refractivity contribution in [2.24, 2.45) is 0 Å². The molecule has 19 heavy (non-hydrogen) atoms. The van der Waals surface area contributed by atoms with Gasteiger partial charge in [-0.25, -0.2) is 0 Å². The van der Waals surface area contributed by atoms with E-state index in [1.54, 1.807) is 12.1 Å². The summed E-state index contributed by atoms with van der Waals surface area (Å²) in [5, 5.41) is 11.9. The van der Waals surface area contributed by atoms with Crippen molar-refractivity contribution in [3.8, 4) is 6.07 Å². The quantitative estimate of drug-likeness (QED) is 0.843. The fourth-order valence-corrected chi connectivity index (χ4v) is 2.14. The normalized spacial score (nSPS) is 13.9. The summed E-state index contributed by atoms with van der Waals surface area (Å²) < 4.78 is 0. The highest BCUT2D eigenvalue weighted by Gasteiger charge is 2.30. The van der Waals surface area contributed by atoms with Gasteiger partial charge in [0.05, 0.1) is 18.2 Å². The smallest absolute Gasteiger partial charge is 0.236 e. The van der Waals surface area contributed by atoms with Gasteiger partial charge in [-0.15, -0.1) is 0 Å². The van der Waals surface area contributed by atoms with Gasteiger partial charge < -0.3 is 10.2 Å². The predicted molar refractivity (Wildman–Crippen MR) is 73.3 cm³/mol. The number of benzene rings is 1. The molecule has 100 valence electrons. The number of nitrogens with zero attached hydrogens (tertiary/aromatic N) is 2. The topological polar surface area (TPSA) is 56.1 Å². The van der Waals surface area contributed by atoms with Gasteiger partial charge in [0.25, 0.3) is 0 Å². The van der Waals surface area contributed by atoms with Gasteiger partial charge in [-0.05, 0) is 37.5 Å². The molecular weight excluding hydrogens is 238 g/mol. The lowest BCUT2D eigenvalue weighted by atomic mass is 10.1. The summed E-state index contributed by atoms with van der Waals surface area (Å²) in [4.78, 5) is 13.9. The first-order valence-electron chi connectivity index (χ1n) is 6.73. The van der Waals surface area contributed by atoms with Gasteiger partial charge in [0, 0.05) is 19.1 Å². The minimum absolute atomic E-state index is 0.179. The predicted octanol–water partition coefficient (Wildman–Crippen LogP) is 1.66. The number of hydrogen-bond donors (Lipinski definition) is 1. The average molecular weight is 257 g/mol. The fourth-order valence-electron chi connectivity index (χ4n) is 2.14. The summed E-state index contributed by atoms with van der Waals surface area (Å²) in [5.41, 5.74) is 1.74. The maximum absolute atomic E-state index is 12.0. The van der Waals surface area contributed by atoms with Crippen LogP contribution in [0.5, 0.6) is 0 Å². The zero-order chi connectivity index (χ0) is 13.7. The van der Waals surface area contributed by atoms with E-state index in [-0.39, 0.29) is 5.91 Å². The van der Waals surface area contributed by atoms with Crippen molar-refractivity contribution >= 4 is 5.91 Å². The Morgan fingerprint density at radius 2 is 2.11 bits per heavy atom. The summed E-state index contributed by atoms with van der Waals surface area (Å²) in [5.74, 6) is 0.179. The molecule has 0 aromatic heterocycles. The van der Waals surface area contributed by atoms with Crippen molar-refractivity contribution in [1.82, 2.24) is 10.2 Å². The molecule has 1 aliphatic carbocycles. The van der Waals surface area contributed by atoms with Crippen LogP contribution in [0.15, 0.2) is 24.3 Å². The Balaban J connectivity index is 1.76. The Morgan fingerprint density at radius 3 is 2.63 bits per heavy atom. The molecule has 0 heterocycles. The maximum Gasteiger partial charge on any atom is 0.236 e. The molecule has 1 saturated carbocycles. The maximum atomic E-state index is 12.0. The number of hydrogen-bond acceptors (Lipinski definition) is 3. The average Bonchev–Trinajstić information content (AvgIpc) is 3.25. The van der Waals surface area contributed by atoms with E-state index in [0.29, 0.717) is 24.7 Å². The Bertz CT molecular complexity index is 471. The molecule has 0 spiro atoms. The zero-order valence-electron chi connectivity index (χ0n) is 11.2. The van der Waals surface area contributed by atoms with Crippen molar-refractivity contribution in [1.29, 1.82) is 5.26 Å². The molecule has 0 unspecified atom stereocenters. The van der Waals surface area contributed by atoms with E-state index in [1.165, 1.54) is 0 Å². The van der Waals surface area contributed by atoms with E-state index in [1.807, 2.05) is 24.0 Å². The molecule has 0 aliphatic heterocycles. The minimum atomic E-state index is 0.179. The molecule has 0 saturated heterocycles. The molecule has 0 bridgehead atoms. The standard InChI is InChI=1S/C15H19N3O/c1-2-18(14-7-8-14)15(19)11-17-10-13-5-3-12(9-16)4-6-13/h3-6,14,17H,2,7-8,10-11H2,1H3. The number of carbonyl (C=O) groups excluding carboxylic acids is 1. The third kappa shape index (κ3) is 3.80. The van der Waals surface area contributed by atoms with Crippen LogP contribution >= 0.6 is 0 Å². The molecule has 0 radical (unpaired) electrons. The molecule has 1 amide bonds. The van der Waals surface area contributed by atoms with Gasteiger partial charge in [-0.3, -0.25) is 4.79 Å². The van der Waals surface area contributed by atoms with E-state index >= 15 is 0 Å². The van der Waals surface area contributed by atoms with Crippen molar-refractivity contribution < 1.29 is 4.79 Å². The van der Waals surface area contributed by atoms with Gasteiger partial charge in [0.15, 0.2) is 0 Å². The molecule has 1 aromatic carbocycles. The largest absolute Gasteiger partial charge is 0.339 e. The zero-order valence-corrected chi connectivity index (χ0v) is 11.2. The number of carbonyl (C=O) groups is 1. The molecular formula is C15H19N3O. The SMILES string of the molecule is CCN(C(=O)CNCc1ccc(C#N)cc1)C1CC1. The first-order chi connectivity index (χ1) is 9.24. The fraction of sp³-hybridized carbons (Fsp3) is 0.467. The Kier molecular flexibility index (Phi) is 4.53. The van der Waals surface area contributed by atoms with Gasteiger partial charge in [-0.1, -0.05) is 12.1 Å². The number of likely N-dealkylation sites (N-methyl/N-ethyl adjacent to an activating group) is 1. The molecule has 4 nitrogen and oxygen atoms in total. The van der Waals surface area contributed by atoms with E-state index in [9.17, 15) is 4.79 Å². The number of nitrogens with one attached hydrogen (secondary N) is 1. The number of rotatable bonds is 6. The van der Waals surface area contributed by atoms with Crippen molar-refractivity contribution in [2.45, 2.75) is 32.4 Å². The highest BCUT2D eigenvalue weighted by atomic mass is 16.2. The lowest BCUT2D eigenvalue weighted by molar-refractivity contribution is -0.130. The number of amides is 1. The molecule has 0 atom stereocenters. The van der Waals surface area contributed by atoms with Crippen LogP contribution < -0.4 is 5.32 Å². The van der Waals surface area contributed by atoms with Crippen LogP contribution in [-0.2, 0) is 11.3 Å². The van der Waals surface area contributed by atoms with Crippen LogP contribution in [0.3, 0.4) is 0 Å². The van der Waals surface area contributed by atoms with Crippen LogP contribution in [0.25, 0.3) is 0 Å². The number of nitriles is 1. The second-order valence-corrected chi connectivity index (χ2v) is 4.82. The van der Waals surface area contributed by atoms with E-state index in [4.69, 9.17) is 5.26 Å². The first kappa shape index (κ1) is 13.6. The van der Waals surface area contributed by atoms with Crippen LogP contribution in [-0.4, -0.2) is 29.9 Å². The highest BCUT2D eigenvalue weighted by Crippen LogP contribution is 2.26. The van der Waals surface area contributed by atoms with E-state index < -0.39 is 0 Å². The molecule has 4 heteroatoms. The highest BCUT2D eigenvalue weighted by molar-refractivity contribution is 5.78. The third-order valence-electron chi connectivity index (χ3n) is 3.34. The van der Waals surface area contributed by atoms with Gasteiger partial charge in [0.1, 0.15) is 0 Å². The second kappa shape index (κ2) is 6.35. The van der Waals surface area contributed by atoms with Gasteiger partial charge in [-0.2, -0.15) is 5.26 Å². The van der Waals surface area contributed by atoms with Crippen molar-refractivity contribution in [3.63, 3.8) is 0 Å². The molecule has 2 rings (SSSR count). The second-order valence-electron chi connectivity index (χ2n) is 4.82. The Hall–Kier alpha value is -1.86. The van der Waals surface area contributed by atoms with Gasteiger partial charge in [0.2, 0.25) is 5.91 Å². The molecule has 1 aliphatic rings. The van der Waals surface area contributed by atoms with Crippen molar-refractivity contribution in [2.75, 3.05) is 13.1 Å². The van der Waals surface area contributed by atoms with Crippen LogP contribution in [0.1, 0.15) is 30.9 Å². The van der Waals surface area contributed by atoms with Crippen LogP contribution in [0.2, 0.25) is 0 Å². The minimum Gasteiger partial charge on any atom is -0.339 e. The Labute approximate surface area is 114 Å². The van der Waals surface area contributed by atoms with Crippen LogP contribution in [0, 0.1) is 11.3 Å². The summed E-state index contributed by atoms with van der Waals surface area (Å²) in [6.07, 6.45) is 2.30. The molecule has 1 fully saturated rings. The first-order valence-corrected chi connectivity index (χ1v) is 6.73.